The van der Waals surface area contributed by atoms with Gasteiger partial charge in [0.25, 0.3) is 5.24 Å². The summed E-state index contributed by atoms with van der Waals surface area (Å²) < 4.78 is 0. The van der Waals surface area contributed by atoms with Crippen molar-refractivity contribution in [1.82, 2.24) is 5.01 Å². The summed E-state index contributed by atoms with van der Waals surface area (Å²) in [7, 11) is 0. The molecule has 5 heteroatoms. The number of nitrogens with zero attached hydrogens (tertiary/aromatic N) is 1. The number of carbonyl (C=O) groups is 1. The van der Waals surface area contributed by atoms with Crippen molar-refractivity contribution in [2.75, 3.05) is 0 Å². The van der Waals surface area contributed by atoms with Gasteiger partial charge in [0.05, 0.1) is 5.54 Å². The molecule has 0 radical (unpaired) electrons. The van der Waals surface area contributed by atoms with E-state index in [2.05, 4.69) is 12.6 Å². The fourth-order valence-corrected chi connectivity index (χ4v) is 0.587. The highest BCUT2D eigenvalue weighted by Gasteiger charge is 2.20. The average molecular weight is 276 g/mol. The molecule has 0 unspecified atom stereocenters. The lowest BCUT2D eigenvalue weighted by Crippen LogP contribution is -2.48. The maximum absolute atomic E-state index is 10.5. The smallest absolute Gasteiger partial charge is 0.266 e. The van der Waals surface area contributed by atoms with Gasteiger partial charge < -0.3 is 0 Å². The summed E-state index contributed by atoms with van der Waals surface area (Å²) in [6, 6.07) is 0. The lowest BCUT2D eigenvalue weighted by atomic mass is 10.1. The quantitative estimate of drug-likeness (QED) is 0.232. The Bertz CT molecular complexity index is 123. The fraction of sp³-hybridized carbons (Fsp3) is 0.800. The van der Waals surface area contributed by atoms with Crippen LogP contribution in [0.1, 0.15) is 20.8 Å². The highest BCUT2D eigenvalue weighted by Crippen LogP contribution is 2.09. The summed E-state index contributed by atoms with van der Waals surface area (Å²) in [5.41, 5.74) is -0.334. The number of hydrogen-bond acceptors (Lipinski definition) is 2. The maximum Gasteiger partial charge on any atom is 0.293 e. The molecule has 0 aromatic heterocycles. The predicted octanol–water partition coefficient (Wildman–Crippen LogP) is 1.63. The molecule has 2 N–H and O–H groups in total. The van der Waals surface area contributed by atoms with Crippen LogP contribution in [0.25, 0.3) is 0 Å². The van der Waals surface area contributed by atoms with Gasteiger partial charge in [-0.2, -0.15) is 0 Å². The van der Waals surface area contributed by atoms with E-state index in [9.17, 15) is 4.79 Å². The highest BCUT2D eigenvalue weighted by molar-refractivity contribution is 14.0. The summed E-state index contributed by atoms with van der Waals surface area (Å²) in [4.78, 5) is 10.5. The van der Waals surface area contributed by atoms with Crippen molar-refractivity contribution >= 4 is 41.8 Å². The minimum atomic E-state index is -0.414. The van der Waals surface area contributed by atoms with Crippen LogP contribution in [0, 0.1) is 0 Å². The van der Waals surface area contributed by atoms with E-state index in [4.69, 9.17) is 5.84 Å². The number of thiol groups is 1. The summed E-state index contributed by atoms with van der Waals surface area (Å²) >= 11 is 3.55. The van der Waals surface area contributed by atoms with Gasteiger partial charge in [0.1, 0.15) is 0 Å². The van der Waals surface area contributed by atoms with Crippen molar-refractivity contribution in [2.45, 2.75) is 26.3 Å². The second-order valence-corrected chi connectivity index (χ2v) is 3.21. The molecule has 0 aliphatic heterocycles. The number of halogens is 1. The van der Waals surface area contributed by atoms with Gasteiger partial charge in [0.2, 0.25) is 0 Å². The number of rotatable bonds is 0. The fourth-order valence-electron chi connectivity index (χ4n) is 0.287. The van der Waals surface area contributed by atoms with Gasteiger partial charge >= 0.3 is 0 Å². The number of hydrazine groups is 1. The van der Waals surface area contributed by atoms with Crippen LogP contribution in [0.15, 0.2) is 0 Å². The molecule has 0 bridgehead atoms. The monoisotopic (exact) mass is 276 g/mol. The van der Waals surface area contributed by atoms with Crippen LogP contribution in [-0.2, 0) is 0 Å². The van der Waals surface area contributed by atoms with Crippen molar-refractivity contribution in [3.63, 3.8) is 0 Å². The highest BCUT2D eigenvalue weighted by atomic mass is 127. The third-order valence-electron chi connectivity index (χ3n) is 0.929. The van der Waals surface area contributed by atoms with Crippen molar-refractivity contribution in [3.05, 3.63) is 0 Å². The second kappa shape index (κ2) is 4.40. The van der Waals surface area contributed by atoms with Crippen molar-refractivity contribution in [1.29, 1.82) is 0 Å². The average Bonchev–Trinajstić information content (AvgIpc) is 1.62. The molecule has 0 atom stereocenters. The molecule has 1 amide bonds. The van der Waals surface area contributed by atoms with E-state index in [0.29, 0.717) is 0 Å². The zero-order chi connectivity index (χ0) is 7.65. The standard InChI is InChI=1S/C5H12N2OS.HI/c1-5(2,3)7(6)4(8)9;/h6H2,1-3H3,(H,8,9);1H. The first-order chi connectivity index (χ1) is 3.85. The van der Waals surface area contributed by atoms with E-state index in [1.165, 1.54) is 0 Å². The molecule has 0 fully saturated rings. The molecule has 0 spiro atoms. The maximum atomic E-state index is 10.5. The summed E-state index contributed by atoms with van der Waals surface area (Å²) in [5, 5.41) is 0.665. The zero-order valence-corrected chi connectivity index (χ0v) is 9.51. The normalized spacial score (nSPS) is 10.1. The molecular weight excluding hydrogens is 263 g/mol. The van der Waals surface area contributed by atoms with Crippen LogP contribution in [0.5, 0.6) is 0 Å². The summed E-state index contributed by atoms with van der Waals surface area (Å²) in [6.45, 7) is 5.50. The first-order valence-corrected chi connectivity index (χ1v) is 3.08. The molecule has 0 saturated heterocycles. The molecule has 62 valence electrons. The Morgan fingerprint density at radius 1 is 1.50 bits per heavy atom. The Morgan fingerprint density at radius 3 is 1.80 bits per heavy atom. The largest absolute Gasteiger partial charge is 0.293 e. The van der Waals surface area contributed by atoms with Crippen LogP contribution < -0.4 is 5.84 Å². The molecule has 0 saturated carbocycles. The Hall–Kier alpha value is 0.510. The molecule has 0 aliphatic rings. The van der Waals surface area contributed by atoms with Crippen LogP contribution >= 0.6 is 36.6 Å². The van der Waals surface area contributed by atoms with Gasteiger partial charge in [-0.3, -0.25) is 9.80 Å². The van der Waals surface area contributed by atoms with E-state index in [1.54, 1.807) is 0 Å². The molecule has 0 rings (SSSR count). The third-order valence-corrected chi connectivity index (χ3v) is 1.14. The van der Waals surface area contributed by atoms with Crippen molar-refractivity contribution in [3.8, 4) is 0 Å². The molecule has 0 aromatic carbocycles. The van der Waals surface area contributed by atoms with Gasteiger partial charge in [-0.15, -0.1) is 24.0 Å². The van der Waals surface area contributed by atoms with Gasteiger partial charge in [0, 0.05) is 0 Å². The molecule has 10 heavy (non-hydrogen) atoms. The van der Waals surface area contributed by atoms with E-state index in [1.807, 2.05) is 20.8 Å². The van der Waals surface area contributed by atoms with Gasteiger partial charge in [-0.05, 0) is 20.8 Å². The van der Waals surface area contributed by atoms with E-state index >= 15 is 0 Å². The molecule has 0 heterocycles. The van der Waals surface area contributed by atoms with Crippen molar-refractivity contribution < 1.29 is 4.79 Å². The number of amides is 1. The van der Waals surface area contributed by atoms with Crippen LogP contribution in [-0.4, -0.2) is 15.8 Å². The first kappa shape index (κ1) is 13.1. The lowest BCUT2D eigenvalue weighted by molar-refractivity contribution is 0.170. The zero-order valence-electron chi connectivity index (χ0n) is 6.29. The molecule has 0 aliphatic carbocycles. The SMILES string of the molecule is CC(C)(C)N(N)C(=O)S.I. The van der Waals surface area contributed by atoms with E-state index < -0.39 is 5.24 Å². The van der Waals surface area contributed by atoms with Crippen LogP contribution in [0.2, 0.25) is 0 Å². The molecule has 0 aromatic rings. The Balaban J connectivity index is 0. The van der Waals surface area contributed by atoms with Gasteiger partial charge in [0.15, 0.2) is 0 Å². The predicted molar refractivity (Wildman–Crippen MR) is 55.6 cm³/mol. The Morgan fingerprint density at radius 2 is 1.80 bits per heavy atom. The molecule has 3 nitrogen and oxygen atoms in total. The summed E-state index contributed by atoms with van der Waals surface area (Å²) in [6.07, 6.45) is 0. The first-order valence-electron chi connectivity index (χ1n) is 2.63. The summed E-state index contributed by atoms with van der Waals surface area (Å²) in [5.74, 6) is 5.30. The Labute approximate surface area is 83.7 Å². The number of carbonyl (C=O) groups excluding carboxylic acids is 1. The number of hydrogen-bond donors (Lipinski definition) is 2. The van der Waals surface area contributed by atoms with E-state index in [0.717, 1.165) is 5.01 Å². The third kappa shape index (κ3) is 4.35. The topological polar surface area (TPSA) is 46.3 Å². The van der Waals surface area contributed by atoms with Gasteiger partial charge in [-0.1, -0.05) is 12.6 Å². The molecular formula is C5H13IN2OS. The second-order valence-electron chi connectivity index (χ2n) is 2.82. The van der Waals surface area contributed by atoms with Crippen LogP contribution in [0.4, 0.5) is 4.79 Å². The minimum absolute atomic E-state index is 0. The number of nitrogens with two attached hydrogens (primary N) is 1. The minimum Gasteiger partial charge on any atom is -0.266 e. The Kier molecular flexibility index (Phi) is 5.78. The van der Waals surface area contributed by atoms with Crippen LogP contribution in [0.3, 0.4) is 0 Å². The van der Waals surface area contributed by atoms with E-state index in [-0.39, 0.29) is 29.5 Å². The van der Waals surface area contributed by atoms with Gasteiger partial charge in [-0.25, -0.2) is 5.84 Å². The lowest BCUT2D eigenvalue weighted by Gasteiger charge is -2.28. The van der Waals surface area contributed by atoms with Crippen molar-refractivity contribution in [2.24, 2.45) is 5.84 Å².